The number of carbonyl (C=O) groups is 2. The van der Waals surface area contributed by atoms with Gasteiger partial charge < -0.3 is 21.7 Å². The number of hydrogen-bond donors (Lipinski definition) is 4. The van der Waals surface area contributed by atoms with Gasteiger partial charge in [0.25, 0.3) is 0 Å². The zero-order chi connectivity index (χ0) is 15.2. The van der Waals surface area contributed by atoms with E-state index in [2.05, 4.69) is 0 Å². The number of carboxylic acid groups (broad SMARTS) is 2. The fourth-order valence-electron chi connectivity index (χ4n) is 2.00. The van der Waals surface area contributed by atoms with E-state index in [1.54, 1.807) is 24.3 Å². The summed E-state index contributed by atoms with van der Waals surface area (Å²) in [7, 11) is 0. The summed E-state index contributed by atoms with van der Waals surface area (Å²) in [6.45, 7) is 0.444. The maximum Gasteiger partial charge on any atom is 0.335 e. The summed E-state index contributed by atoms with van der Waals surface area (Å²) in [5, 5.41) is 17.1. The van der Waals surface area contributed by atoms with Gasteiger partial charge in [0, 0.05) is 6.54 Å². The lowest BCUT2D eigenvalue weighted by Crippen LogP contribution is -2.44. The second kappa shape index (κ2) is 7.02. The topological polar surface area (TPSA) is 127 Å². The molecule has 6 nitrogen and oxygen atoms in total. The van der Waals surface area contributed by atoms with Crippen molar-refractivity contribution >= 4 is 11.9 Å². The van der Waals surface area contributed by atoms with Crippen molar-refractivity contribution in [1.82, 2.24) is 0 Å². The van der Waals surface area contributed by atoms with Gasteiger partial charge >= 0.3 is 11.9 Å². The average Bonchev–Trinajstić information content (AvgIpc) is 2.88. The summed E-state index contributed by atoms with van der Waals surface area (Å²) in [6.07, 6.45) is 3.20. The number of aliphatic carboxylic acids is 1. The molecule has 1 aromatic rings. The molecule has 6 N–H and O–H groups in total. The van der Waals surface area contributed by atoms with Crippen molar-refractivity contribution in [3.63, 3.8) is 0 Å². The molecule has 0 unspecified atom stereocenters. The molecule has 6 heteroatoms. The molecule has 0 aliphatic heterocycles. The molecule has 1 aliphatic carbocycles. The molecule has 2 rings (SSSR count). The maximum absolute atomic E-state index is 10.4. The Morgan fingerprint density at radius 1 is 1.10 bits per heavy atom. The summed E-state index contributed by atoms with van der Waals surface area (Å²) in [5.41, 5.74) is 11.2. The van der Waals surface area contributed by atoms with Gasteiger partial charge in [0.05, 0.1) is 5.56 Å². The third kappa shape index (κ3) is 4.32. The Morgan fingerprint density at radius 2 is 1.60 bits per heavy atom. The van der Waals surface area contributed by atoms with E-state index in [0.29, 0.717) is 24.9 Å². The van der Waals surface area contributed by atoms with Crippen LogP contribution in [0, 0.1) is 0 Å². The van der Waals surface area contributed by atoms with Crippen molar-refractivity contribution in [2.75, 3.05) is 0 Å². The third-order valence-electron chi connectivity index (χ3n) is 3.36. The highest BCUT2D eigenvalue weighted by Crippen LogP contribution is 2.26. The van der Waals surface area contributed by atoms with E-state index in [4.69, 9.17) is 21.7 Å². The van der Waals surface area contributed by atoms with E-state index in [1.165, 1.54) is 0 Å². The van der Waals surface area contributed by atoms with E-state index in [9.17, 15) is 9.59 Å². The van der Waals surface area contributed by atoms with Crippen molar-refractivity contribution in [3.05, 3.63) is 35.4 Å². The zero-order valence-electron chi connectivity index (χ0n) is 11.2. The minimum Gasteiger partial charge on any atom is -0.480 e. The van der Waals surface area contributed by atoms with Crippen molar-refractivity contribution in [2.45, 2.75) is 37.8 Å². The summed E-state index contributed by atoms with van der Waals surface area (Å²) in [4.78, 5) is 20.8. The highest BCUT2D eigenvalue weighted by Gasteiger charge is 2.36. The molecule has 0 heterocycles. The molecule has 0 aromatic heterocycles. The van der Waals surface area contributed by atoms with Crippen molar-refractivity contribution in [2.24, 2.45) is 11.5 Å². The van der Waals surface area contributed by atoms with Crippen molar-refractivity contribution < 1.29 is 19.8 Å². The second-order valence-corrected chi connectivity index (χ2v) is 4.87. The number of hydrogen-bond acceptors (Lipinski definition) is 4. The molecule has 0 saturated heterocycles. The minimum absolute atomic E-state index is 0.294. The number of nitrogens with two attached hydrogens (primary N) is 2. The average molecular weight is 280 g/mol. The Morgan fingerprint density at radius 3 is 1.90 bits per heavy atom. The molecule has 1 fully saturated rings. The Labute approximate surface area is 117 Å². The SMILES string of the molecule is NC1(C(=O)O)CCCC1.NCc1ccc(C(=O)O)cc1. The van der Waals surface area contributed by atoms with Crippen LogP contribution in [0.25, 0.3) is 0 Å². The summed E-state index contributed by atoms with van der Waals surface area (Å²) in [5.74, 6) is -1.76. The number of carboxylic acids is 2. The third-order valence-corrected chi connectivity index (χ3v) is 3.36. The predicted molar refractivity (Wildman–Crippen MR) is 74.3 cm³/mol. The largest absolute Gasteiger partial charge is 0.480 e. The Hall–Kier alpha value is -1.92. The van der Waals surface area contributed by atoms with Gasteiger partial charge in [0.15, 0.2) is 0 Å². The van der Waals surface area contributed by atoms with Gasteiger partial charge in [0.1, 0.15) is 5.54 Å². The van der Waals surface area contributed by atoms with E-state index >= 15 is 0 Å². The minimum atomic E-state index is -0.909. The Bertz CT molecular complexity index is 465. The van der Waals surface area contributed by atoms with Crippen LogP contribution in [0.15, 0.2) is 24.3 Å². The van der Waals surface area contributed by atoms with E-state index in [0.717, 1.165) is 18.4 Å². The molecule has 110 valence electrons. The maximum atomic E-state index is 10.4. The Balaban J connectivity index is 0.000000204. The van der Waals surface area contributed by atoms with Crippen LogP contribution in [0.2, 0.25) is 0 Å². The lowest BCUT2D eigenvalue weighted by molar-refractivity contribution is -0.143. The van der Waals surface area contributed by atoms with Crippen molar-refractivity contribution in [1.29, 1.82) is 0 Å². The van der Waals surface area contributed by atoms with Crippen molar-refractivity contribution in [3.8, 4) is 0 Å². The van der Waals surface area contributed by atoms with E-state index in [-0.39, 0.29) is 0 Å². The number of benzene rings is 1. The molecular formula is C14H20N2O4. The fraction of sp³-hybridized carbons (Fsp3) is 0.429. The predicted octanol–water partition coefficient (Wildman–Crippen LogP) is 1.19. The Kier molecular flexibility index (Phi) is 5.66. The van der Waals surface area contributed by atoms with E-state index < -0.39 is 17.5 Å². The first-order valence-corrected chi connectivity index (χ1v) is 6.43. The lowest BCUT2D eigenvalue weighted by atomic mass is 10.0. The quantitative estimate of drug-likeness (QED) is 0.658. The van der Waals surface area contributed by atoms with Crippen LogP contribution in [0.1, 0.15) is 41.6 Å². The van der Waals surface area contributed by atoms with Gasteiger partial charge in [0.2, 0.25) is 0 Å². The molecule has 1 aliphatic rings. The van der Waals surface area contributed by atoms with Crippen LogP contribution in [-0.2, 0) is 11.3 Å². The first-order chi connectivity index (χ1) is 9.39. The van der Waals surface area contributed by atoms with Crippen LogP contribution in [-0.4, -0.2) is 27.7 Å². The highest BCUT2D eigenvalue weighted by atomic mass is 16.4. The molecular weight excluding hydrogens is 260 g/mol. The lowest BCUT2D eigenvalue weighted by Gasteiger charge is -2.15. The fourth-order valence-corrected chi connectivity index (χ4v) is 2.00. The molecule has 0 radical (unpaired) electrons. The van der Waals surface area contributed by atoms with Gasteiger partial charge in [-0.2, -0.15) is 0 Å². The second-order valence-electron chi connectivity index (χ2n) is 4.87. The molecule has 0 amide bonds. The molecule has 0 bridgehead atoms. The van der Waals surface area contributed by atoms with Crippen LogP contribution in [0.5, 0.6) is 0 Å². The molecule has 20 heavy (non-hydrogen) atoms. The van der Waals surface area contributed by atoms with Gasteiger partial charge in [-0.1, -0.05) is 25.0 Å². The van der Waals surface area contributed by atoms with Gasteiger partial charge in [-0.25, -0.2) is 4.79 Å². The first kappa shape index (κ1) is 16.1. The van der Waals surface area contributed by atoms with Gasteiger partial charge in [-0.15, -0.1) is 0 Å². The standard InChI is InChI=1S/C8H9NO2.C6H11NO2/c9-5-6-1-3-7(4-2-6)8(10)11;7-6(5(8)9)3-1-2-4-6/h1-4H,5,9H2,(H,10,11);1-4,7H2,(H,8,9). The molecule has 1 saturated carbocycles. The molecule has 1 aromatic carbocycles. The zero-order valence-corrected chi connectivity index (χ0v) is 11.2. The first-order valence-electron chi connectivity index (χ1n) is 6.43. The highest BCUT2D eigenvalue weighted by molar-refractivity contribution is 5.87. The van der Waals surface area contributed by atoms with E-state index in [1.807, 2.05) is 0 Å². The monoisotopic (exact) mass is 280 g/mol. The van der Waals surface area contributed by atoms with Crippen LogP contribution in [0.4, 0.5) is 0 Å². The summed E-state index contributed by atoms with van der Waals surface area (Å²) >= 11 is 0. The smallest absolute Gasteiger partial charge is 0.335 e. The number of aromatic carboxylic acids is 1. The molecule has 0 spiro atoms. The van der Waals surface area contributed by atoms with Crippen LogP contribution in [0.3, 0.4) is 0 Å². The van der Waals surface area contributed by atoms with Crippen LogP contribution < -0.4 is 11.5 Å². The normalized spacial score (nSPS) is 16.1. The number of rotatable bonds is 3. The van der Waals surface area contributed by atoms with Gasteiger partial charge in [-0.3, -0.25) is 4.79 Å². The van der Waals surface area contributed by atoms with Gasteiger partial charge in [-0.05, 0) is 30.5 Å². The summed E-state index contributed by atoms with van der Waals surface area (Å²) < 4.78 is 0. The summed E-state index contributed by atoms with van der Waals surface area (Å²) in [6, 6.07) is 6.52. The molecule has 0 atom stereocenters. The van der Waals surface area contributed by atoms with Crippen LogP contribution >= 0.6 is 0 Å².